The molecule has 0 spiro atoms. The van der Waals surface area contributed by atoms with Crippen LogP contribution < -0.4 is 15.0 Å². The molecule has 2 N–H and O–H groups in total. The van der Waals surface area contributed by atoms with Crippen LogP contribution in [0.25, 0.3) is 0 Å². The van der Waals surface area contributed by atoms with Crippen LogP contribution >= 0.6 is 11.8 Å². The molecular weight excluding hydrogens is 480 g/mol. The summed E-state index contributed by atoms with van der Waals surface area (Å²) in [6, 6.07) is 7.29. The number of carbonyl (C=O) groups excluding carboxylic acids is 1. The van der Waals surface area contributed by atoms with Crippen LogP contribution in [0.15, 0.2) is 24.3 Å². The first kappa shape index (κ1) is 23.8. The predicted molar refractivity (Wildman–Crippen MR) is 123 cm³/mol. The van der Waals surface area contributed by atoms with Gasteiger partial charge in [-0.2, -0.15) is 4.68 Å². The van der Waals surface area contributed by atoms with E-state index in [9.17, 15) is 9.59 Å². The minimum Gasteiger partial charge on any atom is -0.481 e. The van der Waals surface area contributed by atoms with Gasteiger partial charge in [-0.3, -0.25) is 9.59 Å². The number of anilines is 1. The Morgan fingerprint density at radius 1 is 1.17 bits per heavy atom. The first-order valence-electron chi connectivity index (χ1n) is 11.3. The van der Waals surface area contributed by atoms with E-state index in [1.54, 1.807) is 4.68 Å². The van der Waals surface area contributed by atoms with E-state index in [0.717, 1.165) is 30.5 Å². The molecule has 0 bridgehead atoms. The highest BCUT2D eigenvalue weighted by atomic mass is 32.2. The molecule has 2 aromatic rings. The standard InChI is InChI=1S/C21H26N6O7S/c28-17(11-35-12-18(29)30)22-15-9-32-20-16(10-33-19(15)20)27-21(23-24-25-27)34-14-3-1-2-13(8-14)26-4-6-31-7-5-26/h1-3,8,15-16,19-20H,4-7,9-12H2,(H,22,28)(H,29,30)/t15-,16-,19+,20+/m0/s1. The summed E-state index contributed by atoms with van der Waals surface area (Å²) in [4.78, 5) is 25.0. The summed E-state index contributed by atoms with van der Waals surface area (Å²) in [5.41, 5.74) is 1.04. The minimum atomic E-state index is -0.957. The first-order chi connectivity index (χ1) is 17.1. The van der Waals surface area contributed by atoms with Crippen LogP contribution in [0.3, 0.4) is 0 Å². The fourth-order valence-corrected chi connectivity index (χ4v) is 4.97. The molecule has 1 aromatic heterocycles. The Hall–Kier alpha value is -2.94. The molecule has 1 amide bonds. The summed E-state index contributed by atoms with van der Waals surface area (Å²) < 4.78 is 24.9. The predicted octanol–water partition coefficient (Wildman–Crippen LogP) is -0.0567. The molecule has 0 saturated carbocycles. The molecule has 4 heterocycles. The number of fused-ring (bicyclic) bond motifs is 1. The van der Waals surface area contributed by atoms with Crippen molar-refractivity contribution in [1.82, 2.24) is 25.5 Å². The van der Waals surface area contributed by atoms with Gasteiger partial charge in [0.25, 0.3) is 0 Å². The molecule has 3 fully saturated rings. The number of hydrogen-bond donors (Lipinski definition) is 2. The number of tetrazole rings is 1. The average molecular weight is 507 g/mol. The molecule has 3 aliphatic heterocycles. The Morgan fingerprint density at radius 3 is 2.83 bits per heavy atom. The maximum Gasteiger partial charge on any atom is 0.341 e. The van der Waals surface area contributed by atoms with E-state index in [1.807, 2.05) is 24.3 Å². The molecule has 14 heteroatoms. The van der Waals surface area contributed by atoms with Crippen LogP contribution in [0.5, 0.6) is 11.8 Å². The van der Waals surface area contributed by atoms with Crippen molar-refractivity contribution in [2.24, 2.45) is 0 Å². The van der Waals surface area contributed by atoms with E-state index in [4.69, 9.17) is 24.1 Å². The summed E-state index contributed by atoms with van der Waals surface area (Å²) in [5, 5.41) is 23.5. The van der Waals surface area contributed by atoms with Crippen molar-refractivity contribution in [1.29, 1.82) is 0 Å². The number of rotatable bonds is 9. The Kier molecular flexibility index (Phi) is 7.32. The minimum absolute atomic E-state index is 0.0537. The quantitative estimate of drug-likeness (QED) is 0.469. The molecule has 3 saturated heterocycles. The molecule has 1 aromatic carbocycles. The second-order valence-corrected chi connectivity index (χ2v) is 9.31. The molecular formula is C21H26N6O7S. The van der Waals surface area contributed by atoms with E-state index in [1.165, 1.54) is 0 Å². The molecule has 188 valence electrons. The summed E-state index contributed by atoms with van der Waals surface area (Å²) in [6.07, 6.45) is -0.729. The molecule has 35 heavy (non-hydrogen) atoms. The number of amides is 1. The average Bonchev–Trinajstić information content (AvgIpc) is 3.58. The van der Waals surface area contributed by atoms with Gasteiger partial charge in [0.05, 0.1) is 44.0 Å². The summed E-state index contributed by atoms with van der Waals surface area (Å²) in [7, 11) is 0. The Balaban J connectivity index is 1.21. The molecule has 4 atom stereocenters. The topological polar surface area (TPSA) is 150 Å². The van der Waals surface area contributed by atoms with Crippen LogP contribution in [-0.2, 0) is 23.8 Å². The van der Waals surface area contributed by atoms with E-state index >= 15 is 0 Å². The molecule has 0 unspecified atom stereocenters. The van der Waals surface area contributed by atoms with Gasteiger partial charge >= 0.3 is 12.0 Å². The lowest BCUT2D eigenvalue weighted by Gasteiger charge is -2.29. The van der Waals surface area contributed by atoms with Crippen molar-refractivity contribution < 1.29 is 33.6 Å². The smallest absolute Gasteiger partial charge is 0.341 e. The highest BCUT2D eigenvalue weighted by molar-refractivity contribution is 8.00. The number of carboxylic acid groups (broad SMARTS) is 1. The lowest BCUT2D eigenvalue weighted by molar-refractivity contribution is -0.133. The normalized spacial score (nSPS) is 25.9. The SMILES string of the molecule is O=C(O)CSCC(=O)N[C@H]1CO[C@H]2[C@@H]1OC[C@@H]2n1nnnc1Oc1cccc(N2CCOCC2)c1. The summed E-state index contributed by atoms with van der Waals surface area (Å²) >= 11 is 1.04. The number of carboxylic acids is 1. The van der Waals surface area contributed by atoms with E-state index < -0.39 is 5.97 Å². The lowest BCUT2D eigenvalue weighted by Crippen LogP contribution is -2.44. The summed E-state index contributed by atoms with van der Waals surface area (Å²) in [6.45, 7) is 3.59. The van der Waals surface area contributed by atoms with Gasteiger partial charge in [-0.25, -0.2) is 0 Å². The number of aromatic nitrogens is 4. The lowest BCUT2D eigenvalue weighted by atomic mass is 10.1. The number of hydrogen-bond acceptors (Lipinski definition) is 11. The van der Waals surface area contributed by atoms with Crippen LogP contribution in [-0.4, -0.2) is 106 Å². The largest absolute Gasteiger partial charge is 0.481 e. The van der Waals surface area contributed by atoms with Crippen molar-refractivity contribution >= 4 is 29.3 Å². The molecule has 13 nitrogen and oxygen atoms in total. The Bertz CT molecular complexity index is 1050. The fourth-order valence-electron chi connectivity index (χ4n) is 4.42. The fraction of sp³-hybridized carbons (Fsp3) is 0.571. The number of carbonyl (C=O) groups is 2. The van der Waals surface area contributed by atoms with Crippen molar-refractivity contribution in [2.75, 3.05) is 55.9 Å². The van der Waals surface area contributed by atoms with Gasteiger partial charge in [-0.05, 0) is 22.6 Å². The number of morpholine rings is 1. The van der Waals surface area contributed by atoms with E-state index in [0.29, 0.717) is 25.6 Å². The van der Waals surface area contributed by atoms with Gasteiger partial charge in [0.1, 0.15) is 24.0 Å². The first-order valence-corrected chi connectivity index (χ1v) is 12.4. The zero-order chi connectivity index (χ0) is 24.2. The third-order valence-corrected chi connectivity index (χ3v) is 6.93. The molecule has 0 radical (unpaired) electrons. The molecule has 5 rings (SSSR count). The summed E-state index contributed by atoms with van der Waals surface area (Å²) in [5.74, 6) is -0.684. The van der Waals surface area contributed by atoms with Gasteiger partial charge in [0.2, 0.25) is 5.91 Å². The van der Waals surface area contributed by atoms with Gasteiger partial charge in [0.15, 0.2) is 0 Å². The number of benzene rings is 1. The second kappa shape index (κ2) is 10.8. The number of nitrogens with zero attached hydrogens (tertiary/aromatic N) is 5. The van der Waals surface area contributed by atoms with Gasteiger partial charge < -0.3 is 34.3 Å². The zero-order valence-electron chi connectivity index (χ0n) is 18.8. The third-order valence-electron chi connectivity index (χ3n) is 6.01. The van der Waals surface area contributed by atoms with Crippen LogP contribution in [0, 0.1) is 0 Å². The maximum atomic E-state index is 12.2. The Labute approximate surface area is 205 Å². The third kappa shape index (κ3) is 5.50. The highest BCUT2D eigenvalue weighted by Crippen LogP contribution is 2.36. The zero-order valence-corrected chi connectivity index (χ0v) is 19.6. The van der Waals surface area contributed by atoms with Crippen LogP contribution in [0.1, 0.15) is 6.04 Å². The second-order valence-electron chi connectivity index (χ2n) is 8.33. The maximum absolute atomic E-state index is 12.2. The van der Waals surface area contributed by atoms with Gasteiger partial charge in [-0.1, -0.05) is 11.2 Å². The monoisotopic (exact) mass is 506 g/mol. The van der Waals surface area contributed by atoms with E-state index in [-0.39, 0.29) is 54.3 Å². The Morgan fingerprint density at radius 2 is 2.00 bits per heavy atom. The highest BCUT2D eigenvalue weighted by Gasteiger charge is 2.50. The van der Waals surface area contributed by atoms with Gasteiger partial charge in [0, 0.05) is 24.8 Å². The molecule has 0 aliphatic carbocycles. The van der Waals surface area contributed by atoms with Gasteiger partial charge in [-0.15, -0.1) is 11.8 Å². The van der Waals surface area contributed by atoms with Crippen molar-refractivity contribution in [3.05, 3.63) is 24.3 Å². The number of aliphatic carboxylic acids is 1. The van der Waals surface area contributed by atoms with Crippen LogP contribution in [0.2, 0.25) is 0 Å². The van der Waals surface area contributed by atoms with Crippen molar-refractivity contribution in [3.63, 3.8) is 0 Å². The van der Waals surface area contributed by atoms with Crippen molar-refractivity contribution in [3.8, 4) is 11.8 Å². The number of ether oxygens (including phenoxy) is 4. The number of thioether (sulfide) groups is 1. The van der Waals surface area contributed by atoms with Crippen molar-refractivity contribution in [2.45, 2.75) is 24.3 Å². The molecule has 3 aliphatic rings. The van der Waals surface area contributed by atoms with Crippen LogP contribution in [0.4, 0.5) is 5.69 Å². The number of nitrogens with one attached hydrogen (secondary N) is 1. The van der Waals surface area contributed by atoms with E-state index in [2.05, 4.69) is 25.7 Å².